The van der Waals surface area contributed by atoms with Crippen LogP contribution in [0.3, 0.4) is 0 Å². The van der Waals surface area contributed by atoms with Crippen LogP contribution in [-0.2, 0) is 17.7 Å². The molecule has 2 aliphatic heterocycles. The molecule has 118 valence electrons. The summed E-state index contributed by atoms with van der Waals surface area (Å²) < 4.78 is 27.9. The molecule has 2 rings (SSSR count). The van der Waals surface area contributed by atoms with Crippen molar-refractivity contribution in [1.29, 1.82) is 0 Å². The lowest BCUT2D eigenvalue weighted by Crippen LogP contribution is -2.58. The predicted octanol–water partition coefficient (Wildman–Crippen LogP) is 0.861. The molecule has 0 aromatic heterocycles. The third kappa shape index (κ3) is 2.88. The summed E-state index contributed by atoms with van der Waals surface area (Å²) in [4.78, 5) is 0. The lowest BCUT2D eigenvalue weighted by atomic mass is 10.4. The molecule has 0 radical (unpaired) electrons. The van der Waals surface area contributed by atoms with Gasteiger partial charge in [0.25, 0.3) is 0 Å². The standard InChI is InChI=1S/C12H28N2O4Si2/c1-15-19(16-2)11-5-7-13(19)9-10-14-8-6-12-20(14,17-3)18-4/h5-12H2,1-4H3. The van der Waals surface area contributed by atoms with E-state index >= 15 is 0 Å². The Kier molecular flexibility index (Phi) is 5.77. The lowest BCUT2D eigenvalue weighted by molar-refractivity contribution is 0.158. The summed E-state index contributed by atoms with van der Waals surface area (Å²) in [6, 6.07) is 2.13. The first kappa shape index (κ1) is 16.6. The fourth-order valence-corrected chi connectivity index (χ4v) is 9.44. The van der Waals surface area contributed by atoms with Gasteiger partial charge in [-0.2, -0.15) is 0 Å². The predicted molar refractivity (Wildman–Crippen MR) is 81.5 cm³/mol. The molecule has 0 N–H and O–H groups in total. The van der Waals surface area contributed by atoms with Crippen LogP contribution in [0.4, 0.5) is 0 Å². The lowest BCUT2D eigenvalue weighted by Gasteiger charge is -2.36. The SMILES string of the molecule is CO[Si]1(OC)CCCN1CCN1CCC[Si]1(OC)OC. The van der Waals surface area contributed by atoms with Crippen molar-refractivity contribution < 1.29 is 17.7 Å². The van der Waals surface area contributed by atoms with Gasteiger partial charge in [-0.25, -0.2) is 0 Å². The monoisotopic (exact) mass is 320 g/mol. The van der Waals surface area contributed by atoms with E-state index in [1.54, 1.807) is 28.4 Å². The number of rotatable bonds is 7. The summed E-state index contributed by atoms with van der Waals surface area (Å²) in [5.41, 5.74) is 0. The van der Waals surface area contributed by atoms with Crippen LogP contribution in [0.15, 0.2) is 0 Å². The van der Waals surface area contributed by atoms with Gasteiger partial charge in [0.1, 0.15) is 0 Å². The van der Waals surface area contributed by atoms with Crippen LogP contribution >= 0.6 is 0 Å². The van der Waals surface area contributed by atoms with Gasteiger partial charge in [0.15, 0.2) is 0 Å². The van der Waals surface area contributed by atoms with E-state index in [0.717, 1.165) is 38.3 Å². The van der Waals surface area contributed by atoms with Crippen LogP contribution < -0.4 is 0 Å². The van der Waals surface area contributed by atoms with Gasteiger partial charge >= 0.3 is 17.4 Å². The van der Waals surface area contributed by atoms with Crippen molar-refractivity contribution in [2.45, 2.75) is 24.9 Å². The molecule has 0 bridgehead atoms. The second-order valence-electron chi connectivity index (χ2n) is 5.42. The highest BCUT2D eigenvalue weighted by molar-refractivity contribution is 6.65. The van der Waals surface area contributed by atoms with Crippen molar-refractivity contribution in [3.63, 3.8) is 0 Å². The second kappa shape index (κ2) is 6.97. The normalized spacial score (nSPS) is 26.4. The van der Waals surface area contributed by atoms with E-state index in [4.69, 9.17) is 17.7 Å². The van der Waals surface area contributed by atoms with Crippen molar-refractivity contribution >= 4 is 17.4 Å². The molecular formula is C12H28N2O4Si2. The molecule has 20 heavy (non-hydrogen) atoms. The van der Waals surface area contributed by atoms with Crippen molar-refractivity contribution in [3.8, 4) is 0 Å². The Morgan fingerprint density at radius 1 is 0.700 bits per heavy atom. The molecule has 2 saturated heterocycles. The summed E-state index contributed by atoms with van der Waals surface area (Å²) in [7, 11) is 2.92. The molecule has 0 saturated carbocycles. The fraction of sp³-hybridized carbons (Fsp3) is 1.00. The first-order valence-electron chi connectivity index (χ1n) is 7.37. The molecule has 0 atom stereocenters. The highest BCUT2D eigenvalue weighted by Crippen LogP contribution is 2.29. The minimum Gasteiger partial charge on any atom is -0.386 e. The molecule has 6 nitrogen and oxygen atoms in total. The summed E-state index contributed by atoms with van der Waals surface area (Å²) >= 11 is 0. The van der Waals surface area contributed by atoms with Crippen molar-refractivity contribution in [2.75, 3.05) is 54.6 Å². The van der Waals surface area contributed by atoms with E-state index in [9.17, 15) is 0 Å². The van der Waals surface area contributed by atoms with Gasteiger partial charge in [0.2, 0.25) is 0 Å². The number of hydrogen-bond acceptors (Lipinski definition) is 6. The Balaban J connectivity index is 1.94. The van der Waals surface area contributed by atoms with E-state index in [-0.39, 0.29) is 0 Å². The number of hydrogen-bond donors (Lipinski definition) is 0. The van der Waals surface area contributed by atoms with Gasteiger partial charge in [-0.05, 0) is 25.9 Å². The summed E-state index contributed by atoms with van der Waals surface area (Å²) in [6.07, 6.45) is 2.34. The molecule has 0 unspecified atom stereocenters. The minimum absolute atomic E-state index is 0.982. The van der Waals surface area contributed by atoms with Gasteiger partial charge in [0, 0.05) is 53.6 Å². The maximum atomic E-state index is 5.75. The first-order valence-corrected chi connectivity index (χ1v) is 11.3. The zero-order valence-corrected chi connectivity index (χ0v) is 15.2. The quantitative estimate of drug-likeness (QED) is 0.648. The van der Waals surface area contributed by atoms with E-state index in [0.29, 0.717) is 0 Å². The maximum absolute atomic E-state index is 5.75. The van der Waals surface area contributed by atoms with E-state index < -0.39 is 17.4 Å². The number of nitrogens with zero attached hydrogens (tertiary/aromatic N) is 2. The van der Waals surface area contributed by atoms with Crippen LogP contribution in [0.5, 0.6) is 0 Å². The highest BCUT2D eigenvalue weighted by atomic mass is 28.4. The van der Waals surface area contributed by atoms with E-state index in [2.05, 4.69) is 9.13 Å². The molecule has 2 aliphatic rings. The molecule has 0 aromatic rings. The maximum Gasteiger partial charge on any atom is 0.427 e. The van der Waals surface area contributed by atoms with E-state index in [1.807, 2.05) is 0 Å². The molecule has 0 aromatic carbocycles. The first-order chi connectivity index (χ1) is 9.66. The van der Waals surface area contributed by atoms with Crippen LogP contribution in [-0.4, -0.2) is 81.2 Å². The zero-order valence-electron chi connectivity index (χ0n) is 13.2. The second-order valence-corrected chi connectivity index (χ2v) is 12.2. The smallest absolute Gasteiger partial charge is 0.386 e. The molecule has 2 fully saturated rings. The van der Waals surface area contributed by atoms with E-state index in [1.165, 1.54) is 12.8 Å². The van der Waals surface area contributed by atoms with Gasteiger partial charge < -0.3 is 17.7 Å². The molecule has 8 heteroatoms. The van der Waals surface area contributed by atoms with Crippen molar-refractivity contribution in [3.05, 3.63) is 0 Å². The van der Waals surface area contributed by atoms with Gasteiger partial charge in [-0.15, -0.1) is 0 Å². The van der Waals surface area contributed by atoms with Gasteiger partial charge in [0.05, 0.1) is 0 Å². The summed E-state index contributed by atoms with van der Waals surface area (Å²) in [5, 5.41) is 0. The van der Waals surface area contributed by atoms with Crippen LogP contribution in [0, 0.1) is 0 Å². The topological polar surface area (TPSA) is 43.4 Å². The molecule has 0 amide bonds. The fourth-order valence-electron chi connectivity index (χ4n) is 3.54. The Bertz CT molecular complexity index is 284. The molecular weight excluding hydrogens is 292 g/mol. The average Bonchev–Trinajstić information content (AvgIpc) is 3.09. The van der Waals surface area contributed by atoms with Crippen molar-refractivity contribution in [1.82, 2.24) is 9.13 Å². The molecule has 2 heterocycles. The van der Waals surface area contributed by atoms with Gasteiger partial charge in [-0.3, -0.25) is 9.13 Å². The molecule has 0 aliphatic carbocycles. The van der Waals surface area contributed by atoms with Crippen molar-refractivity contribution in [2.24, 2.45) is 0 Å². The highest BCUT2D eigenvalue weighted by Gasteiger charge is 2.50. The average molecular weight is 321 g/mol. The Morgan fingerprint density at radius 3 is 1.35 bits per heavy atom. The van der Waals surface area contributed by atoms with Crippen LogP contribution in [0.1, 0.15) is 12.8 Å². The van der Waals surface area contributed by atoms with Crippen LogP contribution in [0.2, 0.25) is 12.1 Å². The Hall–Kier alpha value is 0.194. The zero-order chi connectivity index (χ0) is 14.6. The minimum atomic E-state index is -2.11. The van der Waals surface area contributed by atoms with Crippen LogP contribution in [0.25, 0.3) is 0 Å². The summed E-state index contributed by atoms with van der Waals surface area (Å²) in [6.45, 7) is 4.12. The third-order valence-electron chi connectivity index (χ3n) is 4.72. The Morgan fingerprint density at radius 2 is 1.05 bits per heavy atom. The third-order valence-corrected chi connectivity index (χ3v) is 12.1. The largest absolute Gasteiger partial charge is 0.427 e. The Labute approximate surface area is 124 Å². The molecule has 0 spiro atoms. The van der Waals surface area contributed by atoms with Gasteiger partial charge in [-0.1, -0.05) is 0 Å². The summed E-state index contributed by atoms with van der Waals surface area (Å²) in [5.74, 6) is 0.